The summed E-state index contributed by atoms with van der Waals surface area (Å²) in [6.07, 6.45) is -2.75. The number of carbonyl (C=O) groups is 1. The molecule has 6 N–H and O–H groups in total. The molecular weight excluding hydrogens is 258 g/mol. The van der Waals surface area contributed by atoms with Gasteiger partial charge in [0.25, 0.3) is 0 Å². The molecule has 0 radical (unpaired) electrons. The molecule has 15 heavy (non-hydrogen) atoms. The molecule has 0 aliphatic heterocycles. The van der Waals surface area contributed by atoms with Crippen molar-refractivity contribution in [3.8, 4) is 0 Å². The molecule has 0 saturated carbocycles. The molecule has 0 aliphatic carbocycles. The highest BCUT2D eigenvalue weighted by molar-refractivity contribution is 7.52. The minimum Gasteiger partial charge on any atom is -0.379 e. The van der Waals surface area contributed by atoms with E-state index < -0.39 is 33.3 Å². The van der Waals surface area contributed by atoms with Crippen molar-refractivity contribution in [2.75, 3.05) is 0 Å². The normalized spacial score (nSPS) is 16.9. The van der Waals surface area contributed by atoms with E-state index >= 15 is 0 Å². The van der Waals surface area contributed by atoms with E-state index in [1.165, 1.54) is 0 Å². The summed E-state index contributed by atoms with van der Waals surface area (Å²) in [5, 5.41) is 17.4. The zero-order chi connectivity index (χ0) is 12.4. The average Bonchev–Trinajstić information content (AvgIpc) is 1.96. The van der Waals surface area contributed by atoms with Crippen molar-refractivity contribution in [2.24, 2.45) is 0 Å². The lowest BCUT2D eigenvalue weighted by Gasteiger charge is -2.17. The van der Waals surface area contributed by atoms with Gasteiger partial charge in [-0.25, -0.2) is 9.36 Å². The van der Waals surface area contributed by atoms with Crippen LogP contribution in [-0.4, -0.2) is 47.7 Å². The van der Waals surface area contributed by atoms with Gasteiger partial charge in [-0.1, -0.05) is 0 Å². The Morgan fingerprint density at radius 3 is 1.73 bits per heavy atom. The topological polar surface area (TPSA) is 182 Å². The van der Waals surface area contributed by atoms with Gasteiger partial charge in [0.2, 0.25) is 0 Å². The molecule has 0 heterocycles. The van der Waals surface area contributed by atoms with Crippen LogP contribution >= 0.6 is 15.4 Å². The predicted octanol–water partition coefficient (Wildman–Crippen LogP) is -2.52. The van der Waals surface area contributed by atoms with Crippen LogP contribution in [-0.2, 0) is 18.4 Å². The molecule has 2 atom stereocenters. The molecule has 10 nitrogen and oxygen atoms in total. The first-order chi connectivity index (χ1) is 6.45. The summed E-state index contributed by atoms with van der Waals surface area (Å²) in [4.78, 5) is 43.4. The maximum atomic E-state index is 10.6. The summed E-state index contributed by atoms with van der Waals surface area (Å²) in [6.45, 7) is 0. The van der Waals surface area contributed by atoms with Gasteiger partial charge in [-0.3, -0.25) is 14.4 Å². The molecule has 0 bridgehead atoms. The lowest BCUT2D eigenvalue weighted by atomic mass is 10.4. The van der Waals surface area contributed by atoms with Crippen LogP contribution < -0.4 is 0 Å². The Bertz CT molecular complexity index is 324. The predicted molar refractivity (Wildman–Crippen MR) is 42.2 cm³/mol. The third-order valence-corrected chi connectivity index (χ3v) is 2.47. The van der Waals surface area contributed by atoms with Crippen LogP contribution in [0, 0.1) is 0 Å². The van der Waals surface area contributed by atoms with Crippen molar-refractivity contribution in [2.45, 2.75) is 11.9 Å². The monoisotopic (exact) mass is 266 g/mol. The van der Waals surface area contributed by atoms with Crippen LogP contribution in [0.1, 0.15) is 0 Å². The van der Waals surface area contributed by atoms with Crippen molar-refractivity contribution >= 4 is 21.4 Å². The Hall–Kier alpha value is -0.310. The number of aliphatic hydroxyl groups is 2. The standard InChI is InChI=1S/C3H8O10P2/c4-1(3(6)14(7,8)9)2(5)13-15(10,11)12/h1,3-4,6H,(H2,7,8,9)(H2,10,11,12). The number of aliphatic hydroxyl groups excluding tert-OH is 2. The van der Waals surface area contributed by atoms with Crippen LogP contribution in [0.4, 0.5) is 0 Å². The minimum atomic E-state index is -5.24. The molecular formula is C3H8O10P2. The Kier molecular flexibility index (Phi) is 4.59. The van der Waals surface area contributed by atoms with Gasteiger partial charge < -0.3 is 24.5 Å². The molecule has 2 unspecified atom stereocenters. The van der Waals surface area contributed by atoms with Crippen LogP contribution in [0.3, 0.4) is 0 Å². The molecule has 0 spiro atoms. The van der Waals surface area contributed by atoms with Crippen molar-refractivity contribution < 1.29 is 48.2 Å². The fraction of sp³-hybridized carbons (Fsp3) is 0.667. The van der Waals surface area contributed by atoms with E-state index in [0.717, 1.165) is 0 Å². The van der Waals surface area contributed by atoms with Gasteiger partial charge in [-0.05, 0) is 0 Å². The second-order valence-corrected chi connectivity index (χ2v) is 5.22. The maximum absolute atomic E-state index is 10.6. The first kappa shape index (κ1) is 14.7. The zero-order valence-corrected chi connectivity index (χ0v) is 8.65. The van der Waals surface area contributed by atoms with Crippen molar-refractivity contribution in [1.82, 2.24) is 0 Å². The highest BCUT2D eigenvalue weighted by Crippen LogP contribution is 2.43. The maximum Gasteiger partial charge on any atom is 0.527 e. The summed E-state index contributed by atoms with van der Waals surface area (Å²) in [5.41, 5.74) is 0. The molecule has 0 aromatic heterocycles. The number of phosphoric ester groups is 1. The van der Waals surface area contributed by atoms with E-state index in [4.69, 9.17) is 29.8 Å². The zero-order valence-electron chi connectivity index (χ0n) is 6.87. The highest BCUT2D eigenvalue weighted by Gasteiger charge is 2.40. The van der Waals surface area contributed by atoms with Gasteiger partial charge in [0, 0.05) is 0 Å². The number of hydrogen-bond acceptors (Lipinski definition) is 6. The number of phosphoric acid groups is 1. The number of hydrogen-bond donors (Lipinski definition) is 6. The molecule has 0 saturated heterocycles. The minimum absolute atomic E-state index is 2.04. The summed E-state index contributed by atoms with van der Waals surface area (Å²) >= 11 is 0. The van der Waals surface area contributed by atoms with Crippen LogP contribution in [0.5, 0.6) is 0 Å². The third-order valence-electron chi connectivity index (χ3n) is 1.08. The molecule has 0 amide bonds. The van der Waals surface area contributed by atoms with Crippen LogP contribution in [0.2, 0.25) is 0 Å². The van der Waals surface area contributed by atoms with Gasteiger partial charge in [0.05, 0.1) is 0 Å². The molecule has 0 rings (SSSR count). The molecule has 0 aliphatic rings. The van der Waals surface area contributed by atoms with Crippen molar-refractivity contribution in [3.63, 3.8) is 0 Å². The van der Waals surface area contributed by atoms with E-state index in [-0.39, 0.29) is 0 Å². The Morgan fingerprint density at radius 2 is 1.47 bits per heavy atom. The Labute approximate surface area is 82.5 Å². The SMILES string of the molecule is O=C(OP(=O)(O)O)C(O)C(O)P(=O)(O)O. The number of rotatable bonds is 4. The molecule has 0 fully saturated rings. The molecule has 12 heteroatoms. The van der Waals surface area contributed by atoms with E-state index in [2.05, 4.69) is 4.52 Å². The summed E-state index contributed by atoms with van der Waals surface area (Å²) in [5.74, 6) is -4.85. The van der Waals surface area contributed by atoms with Gasteiger partial charge >= 0.3 is 21.4 Å². The summed E-state index contributed by atoms with van der Waals surface area (Å²) < 4.78 is 23.7. The second-order valence-electron chi connectivity index (χ2n) is 2.35. The van der Waals surface area contributed by atoms with Gasteiger partial charge in [-0.2, -0.15) is 0 Å². The van der Waals surface area contributed by atoms with Crippen molar-refractivity contribution in [1.29, 1.82) is 0 Å². The van der Waals surface area contributed by atoms with E-state index in [1.54, 1.807) is 0 Å². The first-order valence-corrected chi connectivity index (χ1v) is 6.36. The van der Waals surface area contributed by atoms with Gasteiger partial charge in [0.15, 0.2) is 11.9 Å². The number of carbonyl (C=O) groups excluding carboxylic acids is 1. The largest absolute Gasteiger partial charge is 0.527 e. The van der Waals surface area contributed by atoms with E-state index in [0.29, 0.717) is 0 Å². The Morgan fingerprint density at radius 1 is 1.07 bits per heavy atom. The quantitative estimate of drug-likeness (QED) is 0.297. The van der Waals surface area contributed by atoms with E-state index in [9.17, 15) is 13.9 Å². The third kappa shape index (κ3) is 5.36. The fourth-order valence-corrected chi connectivity index (χ4v) is 1.31. The smallest absolute Gasteiger partial charge is 0.379 e. The van der Waals surface area contributed by atoms with Crippen molar-refractivity contribution in [3.05, 3.63) is 0 Å². The first-order valence-electron chi connectivity index (χ1n) is 3.15. The fourth-order valence-electron chi connectivity index (χ4n) is 0.477. The van der Waals surface area contributed by atoms with Gasteiger partial charge in [0.1, 0.15) is 0 Å². The lowest BCUT2D eigenvalue weighted by molar-refractivity contribution is -0.148. The molecule has 90 valence electrons. The second kappa shape index (κ2) is 4.69. The van der Waals surface area contributed by atoms with E-state index in [1.807, 2.05) is 0 Å². The Balaban J connectivity index is 4.61. The molecule has 0 aromatic carbocycles. The van der Waals surface area contributed by atoms with Crippen LogP contribution in [0.25, 0.3) is 0 Å². The van der Waals surface area contributed by atoms with Crippen LogP contribution in [0.15, 0.2) is 0 Å². The summed E-state index contributed by atoms with van der Waals surface area (Å²) in [6, 6.07) is 0. The lowest BCUT2D eigenvalue weighted by Crippen LogP contribution is -2.34. The highest BCUT2D eigenvalue weighted by atomic mass is 31.2. The average molecular weight is 266 g/mol. The molecule has 0 aromatic rings. The van der Waals surface area contributed by atoms with Gasteiger partial charge in [-0.15, -0.1) is 0 Å². The summed E-state index contributed by atoms with van der Waals surface area (Å²) in [7, 11) is -10.4.